The third kappa shape index (κ3) is 7.18. The molecule has 0 bridgehead atoms. The summed E-state index contributed by atoms with van der Waals surface area (Å²) in [5.41, 5.74) is 1.17. The number of ether oxygens (including phenoxy) is 4. The van der Waals surface area contributed by atoms with Crippen LogP contribution in [0.2, 0.25) is 0 Å². The standard InChI is InChI=1S/C27H30O11/c1-35-21-11-15(5-9-19(21)31)3-7-17(29)13-18(30)8-4-16-6-10-20(22(12-16)36-2)37-27-26(34)25(33)24(32)23(14-28)38-27/h3-12,23-28,31-34H,13-14H2,1-2H3/b7-3+,8-4+/t23-,24-,25+,26-,27-/m1/s1. The van der Waals surface area contributed by atoms with Gasteiger partial charge in [-0.3, -0.25) is 9.59 Å². The number of hydrogen-bond acceptors (Lipinski definition) is 11. The maximum Gasteiger partial charge on any atom is 0.229 e. The van der Waals surface area contributed by atoms with E-state index < -0.39 is 48.9 Å². The van der Waals surface area contributed by atoms with E-state index in [9.17, 15) is 35.1 Å². The van der Waals surface area contributed by atoms with Crippen LogP contribution in [0.25, 0.3) is 12.2 Å². The molecule has 1 aliphatic heterocycles. The molecule has 2 aromatic rings. The van der Waals surface area contributed by atoms with Gasteiger partial charge in [-0.25, -0.2) is 0 Å². The number of phenolic OH excluding ortho intramolecular Hbond substituents is 1. The molecule has 0 saturated carbocycles. The lowest BCUT2D eigenvalue weighted by Gasteiger charge is -2.39. The van der Waals surface area contributed by atoms with Crippen LogP contribution >= 0.6 is 0 Å². The number of benzene rings is 2. The summed E-state index contributed by atoms with van der Waals surface area (Å²) in [6.45, 7) is -0.594. The van der Waals surface area contributed by atoms with Gasteiger partial charge in [-0.15, -0.1) is 0 Å². The lowest BCUT2D eigenvalue weighted by molar-refractivity contribution is -0.277. The lowest BCUT2D eigenvalue weighted by atomic mass is 9.99. The molecule has 11 nitrogen and oxygen atoms in total. The van der Waals surface area contributed by atoms with E-state index >= 15 is 0 Å². The maximum atomic E-state index is 12.3. The summed E-state index contributed by atoms with van der Waals surface area (Å²) in [6, 6.07) is 9.21. The van der Waals surface area contributed by atoms with Gasteiger partial charge in [0.05, 0.1) is 27.2 Å². The molecule has 204 valence electrons. The molecular formula is C27H30O11. The van der Waals surface area contributed by atoms with E-state index in [1.54, 1.807) is 24.3 Å². The fourth-order valence-corrected chi connectivity index (χ4v) is 3.64. The van der Waals surface area contributed by atoms with Crippen LogP contribution in [0, 0.1) is 0 Å². The van der Waals surface area contributed by atoms with E-state index in [-0.39, 0.29) is 29.4 Å². The highest BCUT2D eigenvalue weighted by atomic mass is 16.7. The van der Waals surface area contributed by atoms with Gasteiger partial charge in [0, 0.05) is 0 Å². The Bertz CT molecular complexity index is 1190. The van der Waals surface area contributed by atoms with Crippen molar-refractivity contribution in [1.29, 1.82) is 0 Å². The summed E-state index contributed by atoms with van der Waals surface area (Å²) in [5.74, 6) is -0.234. The van der Waals surface area contributed by atoms with Crippen molar-refractivity contribution < 1.29 is 54.1 Å². The van der Waals surface area contributed by atoms with E-state index in [0.29, 0.717) is 11.1 Å². The second kappa shape index (κ2) is 13.2. The largest absolute Gasteiger partial charge is 0.504 e. The van der Waals surface area contributed by atoms with Crippen molar-refractivity contribution in [1.82, 2.24) is 0 Å². The quantitative estimate of drug-likeness (QED) is 0.206. The van der Waals surface area contributed by atoms with Crippen molar-refractivity contribution in [3.63, 3.8) is 0 Å². The third-order valence-electron chi connectivity index (χ3n) is 5.75. The Kier molecular flexibility index (Phi) is 9.99. The normalized spacial score (nSPS) is 23.5. The topological polar surface area (TPSA) is 172 Å². The predicted molar refractivity (Wildman–Crippen MR) is 135 cm³/mol. The van der Waals surface area contributed by atoms with Crippen LogP contribution in [-0.2, 0) is 14.3 Å². The average molecular weight is 531 g/mol. The zero-order chi connectivity index (χ0) is 27.8. The Morgan fingerprint density at radius 2 is 1.42 bits per heavy atom. The van der Waals surface area contributed by atoms with Gasteiger partial charge in [0.1, 0.15) is 24.4 Å². The van der Waals surface area contributed by atoms with Crippen LogP contribution in [0.15, 0.2) is 48.6 Å². The Balaban J connectivity index is 1.61. The van der Waals surface area contributed by atoms with Crippen molar-refractivity contribution >= 4 is 23.7 Å². The third-order valence-corrected chi connectivity index (χ3v) is 5.75. The van der Waals surface area contributed by atoms with Gasteiger partial charge >= 0.3 is 0 Å². The summed E-state index contributed by atoms with van der Waals surface area (Å²) in [5, 5.41) is 49.0. The zero-order valence-corrected chi connectivity index (χ0v) is 20.8. The van der Waals surface area contributed by atoms with Gasteiger partial charge in [0.2, 0.25) is 6.29 Å². The molecule has 1 saturated heterocycles. The van der Waals surface area contributed by atoms with Crippen molar-refractivity contribution in [2.24, 2.45) is 0 Å². The molecule has 0 unspecified atom stereocenters. The fraction of sp³-hybridized carbons (Fsp3) is 0.333. The number of hydrogen-bond donors (Lipinski definition) is 5. The first-order valence-corrected chi connectivity index (χ1v) is 11.6. The van der Waals surface area contributed by atoms with Crippen LogP contribution in [0.5, 0.6) is 23.0 Å². The molecule has 0 amide bonds. The highest BCUT2D eigenvalue weighted by molar-refractivity contribution is 6.10. The molecule has 1 heterocycles. The van der Waals surface area contributed by atoms with E-state index in [1.807, 2.05) is 0 Å². The average Bonchev–Trinajstić information content (AvgIpc) is 2.92. The first-order valence-electron chi connectivity index (χ1n) is 11.6. The highest BCUT2D eigenvalue weighted by Crippen LogP contribution is 2.32. The fourth-order valence-electron chi connectivity index (χ4n) is 3.64. The smallest absolute Gasteiger partial charge is 0.229 e. The molecule has 0 aliphatic carbocycles. The van der Waals surface area contributed by atoms with Gasteiger partial charge in [-0.05, 0) is 47.5 Å². The Hall–Kier alpha value is -3.74. The molecule has 0 aromatic heterocycles. The van der Waals surface area contributed by atoms with E-state index in [1.165, 1.54) is 50.7 Å². The van der Waals surface area contributed by atoms with Crippen LogP contribution in [0.3, 0.4) is 0 Å². The molecule has 0 radical (unpaired) electrons. The van der Waals surface area contributed by atoms with Gasteiger partial charge < -0.3 is 44.5 Å². The van der Waals surface area contributed by atoms with Crippen LogP contribution in [0.1, 0.15) is 17.5 Å². The summed E-state index contributed by atoms with van der Waals surface area (Å²) in [4.78, 5) is 24.4. The number of allylic oxidation sites excluding steroid dienone is 2. The number of carbonyl (C=O) groups excluding carboxylic acids is 2. The van der Waals surface area contributed by atoms with Crippen molar-refractivity contribution in [3.8, 4) is 23.0 Å². The summed E-state index contributed by atoms with van der Waals surface area (Å²) >= 11 is 0. The SMILES string of the molecule is COc1cc(/C=C/C(=O)CC(=O)/C=C/c2ccc(O[C@@H]3O[C@H](CO)[C@@H](O)[C@H](O)[C@H]3O)c(OC)c2)ccc1O. The maximum absolute atomic E-state index is 12.3. The second-order valence-corrected chi connectivity index (χ2v) is 8.43. The minimum absolute atomic E-state index is 0.0265. The van der Waals surface area contributed by atoms with Gasteiger partial charge in [-0.2, -0.15) is 0 Å². The molecule has 1 fully saturated rings. The first kappa shape index (κ1) is 28.8. The van der Waals surface area contributed by atoms with Gasteiger partial charge in [-0.1, -0.05) is 24.3 Å². The number of ketones is 2. The minimum atomic E-state index is -1.59. The number of phenols is 1. The molecule has 2 aromatic carbocycles. The first-order chi connectivity index (χ1) is 18.2. The van der Waals surface area contributed by atoms with Gasteiger partial charge in [0.25, 0.3) is 0 Å². The number of aliphatic hydroxyl groups is 4. The monoisotopic (exact) mass is 530 g/mol. The molecule has 38 heavy (non-hydrogen) atoms. The van der Waals surface area contributed by atoms with Crippen molar-refractivity contribution in [3.05, 3.63) is 59.7 Å². The van der Waals surface area contributed by atoms with E-state index in [4.69, 9.17) is 18.9 Å². The van der Waals surface area contributed by atoms with Gasteiger partial charge in [0.15, 0.2) is 34.6 Å². The molecule has 5 N–H and O–H groups in total. The minimum Gasteiger partial charge on any atom is -0.504 e. The molecule has 0 spiro atoms. The molecule has 3 rings (SSSR count). The van der Waals surface area contributed by atoms with Crippen LogP contribution < -0.4 is 14.2 Å². The predicted octanol–water partition coefficient (Wildman–Crippen LogP) is 0.843. The Labute approximate surface area is 218 Å². The number of methoxy groups -OCH3 is 2. The Morgan fingerprint density at radius 3 is 2.00 bits per heavy atom. The highest BCUT2D eigenvalue weighted by Gasteiger charge is 2.44. The summed E-state index contributed by atoms with van der Waals surface area (Å²) in [6.07, 6.45) is -2.02. The van der Waals surface area contributed by atoms with Crippen molar-refractivity contribution in [2.75, 3.05) is 20.8 Å². The number of carbonyl (C=O) groups is 2. The lowest BCUT2D eigenvalue weighted by Crippen LogP contribution is -2.60. The molecule has 11 heteroatoms. The van der Waals surface area contributed by atoms with E-state index in [0.717, 1.165) is 0 Å². The number of aromatic hydroxyl groups is 1. The summed E-state index contributed by atoms with van der Waals surface area (Å²) in [7, 11) is 2.79. The van der Waals surface area contributed by atoms with Crippen LogP contribution in [0.4, 0.5) is 0 Å². The number of rotatable bonds is 11. The Morgan fingerprint density at radius 1 is 0.842 bits per heavy atom. The molecule has 1 aliphatic rings. The van der Waals surface area contributed by atoms with E-state index in [2.05, 4.69) is 0 Å². The molecule has 5 atom stereocenters. The zero-order valence-electron chi connectivity index (χ0n) is 20.8. The molecular weight excluding hydrogens is 500 g/mol. The van der Waals surface area contributed by atoms with Crippen molar-refractivity contribution in [2.45, 2.75) is 37.1 Å². The van der Waals surface area contributed by atoms with Crippen LogP contribution in [-0.4, -0.2) is 88.6 Å². The number of aliphatic hydroxyl groups excluding tert-OH is 4. The second-order valence-electron chi connectivity index (χ2n) is 8.43. The summed E-state index contributed by atoms with van der Waals surface area (Å²) < 4.78 is 21.3.